The van der Waals surface area contributed by atoms with E-state index in [-0.39, 0.29) is 24.7 Å². The van der Waals surface area contributed by atoms with Crippen molar-refractivity contribution in [1.29, 1.82) is 0 Å². The van der Waals surface area contributed by atoms with E-state index in [0.717, 1.165) is 11.1 Å². The van der Waals surface area contributed by atoms with E-state index in [0.29, 0.717) is 22.2 Å². The third-order valence-electron chi connectivity index (χ3n) is 5.76. The average molecular weight is 573 g/mol. The number of ether oxygens (including phenoxy) is 2. The van der Waals surface area contributed by atoms with Gasteiger partial charge in [0.2, 0.25) is 5.16 Å². The first-order chi connectivity index (χ1) is 17.2. The van der Waals surface area contributed by atoms with Gasteiger partial charge in [0, 0.05) is 30.0 Å². The molecular formula is C23H24Cl3N5O4S. The first kappa shape index (κ1) is 27.1. The van der Waals surface area contributed by atoms with Crippen molar-refractivity contribution in [3.63, 3.8) is 0 Å². The summed E-state index contributed by atoms with van der Waals surface area (Å²) in [4.78, 5) is 12.1. The largest absolute Gasteiger partial charge is 0.392 e. The summed E-state index contributed by atoms with van der Waals surface area (Å²) < 4.78 is 12.3. The Hall–Kier alpha value is -1.92. The number of hydrogen-bond donors (Lipinski definition) is 2. The van der Waals surface area contributed by atoms with Crippen molar-refractivity contribution in [2.45, 2.75) is 41.0 Å². The lowest BCUT2D eigenvalue weighted by Gasteiger charge is -2.41. The molecule has 4 rings (SSSR count). The van der Waals surface area contributed by atoms with E-state index in [1.54, 1.807) is 29.9 Å². The molecule has 1 fully saturated rings. The summed E-state index contributed by atoms with van der Waals surface area (Å²) in [6.07, 6.45) is -1.23. The number of carbonyl (C=O) groups is 1. The minimum absolute atomic E-state index is 0.0119. The fourth-order valence-electron chi connectivity index (χ4n) is 3.78. The summed E-state index contributed by atoms with van der Waals surface area (Å²) in [5.41, 5.74) is 2.91. The van der Waals surface area contributed by atoms with Crippen LogP contribution in [0.5, 0.6) is 0 Å². The third-order valence-corrected chi connectivity index (χ3v) is 7.37. The van der Waals surface area contributed by atoms with E-state index in [1.807, 2.05) is 30.3 Å². The lowest BCUT2D eigenvalue weighted by molar-refractivity contribution is -0.268. The van der Waals surface area contributed by atoms with Gasteiger partial charge in [-0.15, -0.1) is 5.10 Å². The van der Waals surface area contributed by atoms with Gasteiger partial charge in [0.25, 0.3) is 9.70 Å². The van der Waals surface area contributed by atoms with Crippen molar-refractivity contribution in [1.82, 2.24) is 20.2 Å². The van der Waals surface area contributed by atoms with Gasteiger partial charge < -0.3 is 19.9 Å². The normalized spacial score (nSPS) is 22.4. The summed E-state index contributed by atoms with van der Waals surface area (Å²) in [6.45, 7) is 2.03. The second-order valence-electron chi connectivity index (χ2n) is 8.30. The maximum Gasteiger partial charge on any atom is 0.276 e. The SMILES string of the molecule is C[C@H]1[C@@H](CSc2nnnn2C)O[C@@H](c2cccc(NC(=O)C(Cl)(Cl)Cl)c2)O[C@H]1c1ccc(CO)cc1. The number of aromatic nitrogens is 4. The highest BCUT2D eigenvalue weighted by Crippen LogP contribution is 2.43. The first-order valence-electron chi connectivity index (χ1n) is 11.0. The molecule has 1 amide bonds. The highest BCUT2D eigenvalue weighted by atomic mass is 35.6. The average Bonchev–Trinajstić information content (AvgIpc) is 3.27. The Morgan fingerprint density at radius 2 is 1.92 bits per heavy atom. The zero-order valence-electron chi connectivity index (χ0n) is 19.3. The number of nitrogens with zero attached hydrogens (tertiary/aromatic N) is 4. The molecule has 0 radical (unpaired) electrons. The molecule has 9 nitrogen and oxygen atoms in total. The number of aryl methyl sites for hydroxylation is 1. The highest BCUT2D eigenvalue weighted by molar-refractivity contribution is 7.99. The number of hydrogen-bond acceptors (Lipinski definition) is 8. The van der Waals surface area contributed by atoms with Crippen LogP contribution in [0.25, 0.3) is 0 Å². The number of thioether (sulfide) groups is 1. The second kappa shape index (κ2) is 11.6. The summed E-state index contributed by atoms with van der Waals surface area (Å²) in [6, 6.07) is 14.6. The van der Waals surface area contributed by atoms with E-state index in [9.17, 15) is 9.90 Å². The molecule has 0 aliphatic carbocycles. The molecule has 1 aliphatic rings. The number of halogens is 3. The summed E-state index contributed by atoms with van der Waals surface area (Å²) in [5.74, 6) is -0.191. The van der Waals surface area contributed by atoms with Crippen LogP contribution in [0.1, 0.15) is 36.0 Å². The van der Waals surface area contributed by atoms with Crippen LogP contribution >= 0.6 is 46.6 Å². The highest BCUT2D eigenvalue weighted by Gasteiger charge is 2.39. The Morgan fingerprint density at radius 1 is 1.17 bits per heavy atom. The van der Waals surface area contributed by atoms with Crippen LogP contribution < -0.4 is 5.32 Å². The number of alkyl halides is 3. The van der Waals surface area contributed by atoms with Crippen molar-refractivity contribution < 1.29 is 19.4 Å². The van der Waals surface area contributed by atoms with Crippen LogP contribution in [0.15, 0.2) is 53.7 Å². The summed E-state index contributed by atoms with van der Waals surface area (Å²) >= 11 is 18.6. The Kier molecular flexibility index (Phi) is 8.77. The molecule has 1 aliphatic heterocycles. The molecule has 4 atom stereocenters. The predicted molar refractivity (Wildman–Crippen MR) is 138 cm³/mol. The molecule has 192 valence electrons. The molecule has 0 unspecified atom stereocenters. The lowest BCUT2D eigenvalue weighted by atomic mass is 9.91. The maximum atomic E-state index is 12.1. The summed E-state index contributed by atoms with van der Waals surface area (Å²) in [7, 11) is 1.78. The topological polar surface area (TPSA) is 111 Å². The number of anilines is 1. The first-order valence-corrected chi connectivity index (χ1v) is 13.1. The van der Waals surface area contributed by atoms with Crippen molar-refractivity contribution in [2.75, 3.05) is 11.1 Å². The minimum Gasteiger partial charge on any atom is -0.392 e. The number of amides is 1. The molecule has 0 saturated carbocycles. The number of carbonyl (C=O) groups excluding carboxylic acids is 1. The van der Waals surface area contributed by atoms with Gasteiger partial charge in [-0.05, 0) is 33.7 Å². The number of aliphatic hydroxyl groups is 1. The van der Waals surface area contributed by atoms with Gasteiger partial charge in [-0.25, -0.2) is 4.68 Å². The molecule has 1 aromatic heterocycles. The molecular weight excluding hydrogens is 549 g/mol. The van der Waals surface area contributed by atoms with Crippen LogP contribution in [-0.4, -0.2) is 46.9 Å². The Labute approximate surface area is 227 Å². The quantitative estimate of drug-likeness (QED) is 0.312. The molecule has 13 heteroatoms. The summed E-state index contributed by atoms with van der Waals surface area (Å²) in [5, 5.41) is 24.3. The monoisotopic (exact) mass is 571 g/mol. The molecule has 2 heterocycles. The molecule has 1 saturated heterocycles. The fourth-order valence-corrected chi connectivity index (χ4v) is 4.93. The van der Waals surface area contributed by atoms with Crippen molar-refractivity contribution >= 4 is 58.2 Å². The van der Waals surface area contributed by atoms with E-state index in [2.05, 4.69) is 27.8 Å². The Bertz CT molecular complexity index is 1190. The number of nitrogens with one attached hydrogen (secondary N) is 1. The zero-order valence-corrected chi connectivity index (χ0v) is 22.4. The number of rotatable bonds is 7. The Morgan fingerprint density at radius 3 is 2.56 bits per heavy atom. The van der Waals surface area contributed by atoms with E-state index in [4.69, 9.17) is 44.3 Å². The number of tetrazole rings is 1. The van der Waals surface area contributed by atoms with Gasteiger partial charge in [0.05, 0.1) is 18.8 Å². The van der Waals surface area contributed by atoms with E-state index >= 15 is 0 Å². The molecule has 2 aromatic carbocycles. The number of aliphatic hydroxyl groups excluding tert-OH is 1. The minimum atomic E-state index is -2.09. The van der Waals surface area contributed by atoms with Crippen LogP contribution in [0.4, 0.5) is 5.69 Å². The zero-order chi connectivity index (χ0) is 25.9. The molecule has 2 N–H and O–H groups in total. The van der Waals surface area contributed by atoms with Crippen LogP contribution in [0, 0.1) is 5.92 Å². The van der Waals surface area contributed by atoms with E-state index < -0.39 is 16.0 Å². The third kappa shape index (κ3) is 6.49. The molecule has 36 heavy (non-hydrogen) atoms. The molecule has 0 spiro atoms. The standard InChI is InChI=1S/C23H24Cl3N5O4S/c1-13-18(12-36-22-28-29-30-31(22)2)34-20(35-19(13)15-8-6-14(11-32)7-9-15)16-4-3-5-17(10-16)27-21(33)23(24,25)26/h3-10,13,18-20,32H,11-12H2,1-2H3,(H,27,33)/t13-,18+,19+,20+/m0/s1. The smallest absolute Gasteiger partial charge is 0.276 e. The second-order valence-corrected chi connectivity index (χ2v) is 11.6. The van der Waals surface area contributed by atoms with Gasteiger partial charge in [0.15, 0.2) is 6.29 Å². The van der Waals surface area contributed by atoms with Gasteiger partial charge in [-0.1, -0.05) is 89.9 Å². The Balaban J connectivity index is 1.59. The van der Waals surface area contributed by atoms with Gasteiger partial charge in [-0.2, -0.15) is 0 Å². The van der Waals surface area contributed by atoms with Crippen LogP contribution in [0.3, 0.4) is 0 Å². The number of benzene rings is 2. The van der Waals surface area contributed by atoms with Gasteiger partial charge in [0.1, 0.15) is 0 Å². The lowest BCUT2D eigenvalue weighted by Crippen LogP contribution is -2.38. The van der Waals surface area contributed by atoms with Crippen molar-refractivity contribution in [3.8, 4) is 0 Å². The fraction of sp³-hybridized carbons (Fsp3) is 0.391. The van der Waals surface area contributed by atoms with Crippen molar-refractivity contribution in [3.05, 3.63) is 65.2 Å². The molecule has 0 bridgehead atoms. The van der Waals surface area contributed by atoms with Gasteiger partial charge in [-0.3, -0.25) is 4.79 Å². The molecule has 3 aromatic rings. The maximum absolute atomic E-state index is 12.1. The van der Waals surface area contributed by atoms with Crippen LogP contribution in [-0.2, 0) is 27.9 Å². The van der Waals surface area contributed by atoms with Crippen LogP contribution in [0.2, 0.25) is 0 Å². The van der Waals surface area contributed by atoms with E-state index in [1.165, 1.54) is 11.8 Å². The van der Waals surface area contributed by atoms with Gasteiger partial charge >= 0.3 is 0 Å². The van der Waals surface area contributed by atoms with Crippen molar-refractivity contribution in [2.24, 2.45) is 13.0 Å². The predicted octanol–water partition coefficient (Wildman–Crippen LogP) is 4.59.